The van der Waals surface area contributed by atoms with Crippen molar-refractivity contribution in [2.75, 3.05) is 13.1 Å². The van der Waals surface area contributed by atoms with Crippen LogP contribution >= 0.6 is 23.2 Å². The van der Waals surface area contributed by atoms with Crippen molar-refractivity contribution in [1.29, 1.82) is 0 Å². The van der Waals surface area contributed by atoms with Crippen molar-refractivity contribution < 1.29 is 9.90 Å². The van der Waals surface area contributed by atoms with Crippen molar-refractivity contribution >= 4 is 29.1 Å². The predicted molar refractivity (Wildman–Crippen MR) is 76.5 cm³/mol. The Labute approximate surface area is 123 Å². The van der Waals surface area contributed by atoms with Crippen molar-refractivity contribution in [3.8, 4) is 0 Å². The van der Waals surface area contributed by atoms with Gasteiger partial charge < -0.3 is 10.0 Å². The van der Waals surface area contributed by atoms with E-state index in [-0.39, 0.29) is 18.2 Å². The van der Waals surface area contributed by atoms with Crippen LogP contribution in [0.25, 0.3) is 0 Å². The number of likely N-dealkylation sites (tertiary alicyclic amines) is 1. The molecule has 2 rings (SSSR count). The van der Waals surface area contributed by atoms with E-state index in [1.165, 1.54) is 0 Å². The Morgan fingerprint density at radius 3 is 2.58 bits per heavy atom. The highest BCUT2D eigenvalue weighted by Gasteiger charge is 2.45. The maximum atomic E-state index is 12.1. The molecule has 1 amide bonds. The van der Waals surface area contributed by atoms with Gasteiger partial charge in [0.2, 0.25) is 5.91 Å². The van der Waals surface area contributed by atoms with Crippen molar-refractivity contribution in [1.82, 2.24) is 4.90 Å². The molecular weight excluding hydrogens is 285 g/mol. The third-order valence-corrected chi connectivity index (χ3v) is 4.30. The lowest BCUT2D eigenvalue weighted by Gasteiger charge is -2.49. The van der Waals surface area contributed by atoms with Crippen LogP contribution in [-0.4, -0.2) is 34.6 Å². The Bertz CT molecular complexity index is 496. The SMILES string of the molecule is CC(C)C1(O)CN(C(=O)Cc2ccc(Cl)cc2Cl)C1. The van der Waals surface area contributed by atoms with Crippen LogP contribution in [0.3, 0.4) is 0 Å². The van der Waals surface area contributed by atoms with Crippen LogP contribution in [0.4, 0.5) is 0 Å². The number of benzene rings is 1. The molecular formula is C14H17Cl2NO2. The van der Waals surface area contributed by atoms with Crippen LogP contribution in [0, 0.1) is 5.92 Å². The molecule has 0 saturated carbocycles. The van der Waals surface area contributed by atoms with Crippen LogP contribution in [-0.2, 0) is 11.2 Å². The largest absolute Gasteiger partial charge is 0.386 e. The monoisotopic (exact) mass is 301 g/mol. The highest BCUT2D eigenvalue weighted by atomic mass is 35.5. The molecule has 1 aromatic carbocycles. The molecule has 0 radical (unpaired) electrons. The van der Waals surface area contributed by atoms with Crippen molar-refractivity contribution in [3.05, 3.63) is 33.8 Å². The van der Waals surface area contributed by atoms with Gasteiger partial charge >= 0.3 is 0 Å². The first-order chi connectivity index (χ1) is 8.82. The maximum absolute atomic E-state index is 12.1. The molecule has 3 nitrogen and oxygen atoms in total. The summed E-state index contributed by atoms with van der Waals surface area (Å²) in [6, 6.07) is 5.11. The lowest BCUT2D eigenvalue weighted by Crippen LogP contribution is -2.66. The summed E-state index contributed by atoms with van der Waals surface area (Å²) in [7, 11) is 0. The number of β-amino-alcohol motifs (C(OH)–C–C–N with tert-alkyl or cyclic N) is 1. The molecule has 1 fully saturated rings. The van der Waals surface area contributed by atoms with Crippen molar-refractivity contribution in [2.45, 2.75) is 25.9 Å². The molecule has 0 bridgehead atoms. The van der Waals surface area contributed by atoms with Gasteiger partial charge in [-0.2, -0.15) is 0 Å². The number of halogens is 2. The number of hydrogen-bond donors (Lipinski definition) is 1. The molecule has 5 heteroatoms. The molecule has 0 aromatic heterocycles. The number of carbonyl (C=O) groups is 1. The average molecular weight is 302 g/mol. The highest BCUT2D eigenvalue weighted by Crippen LogP contribution is 2.29. The summed E-state index contributed by atoms with van der Waals surface area (Å²) in [5, 5.41) is 11.2. The second-order valence-corrected chi connectivity index (χ2v) is 6.26. The molecule has 19 heavy (non-hydrogen) atoms. The standard InChI is InChI=1S/C14H17Cl2NO2/c1-9(2)14(19)7-17(8-14)13(18)5-10-3-4-11(15)6-12(10)16/h3-4,6,9,19H,5,7-8H2,1-2H3. The zero-order valence-electron chi connectivity index (χ0n) is 11.0. The summed E-state index contributed by atoms with van der Waals surface area (Å²) in [6.45, 7) is 4.71. The highest BCUT2D eigenvalue weighted by molar-refractivity contribution is 6.35. The zero-order valence-corrected chi connectivity index (χ0v) is 12.5. The fourth-order valence-electron chi connectivity index (χ4n) is 2.10. The predicted octanol–water partition coefficient (Wildman–Crippen LogP) is 2.77. The first kappa shape index (κ1) is 14.6. The minimum atomic E-state index is -0.737. The summed E-state index contributed by atoms with van der Waals surface area (Å²) in [5.41, 5.74) is 0.0236. The van der Waals surface area contributed by atoms with Gasteiger partial charge in [-0.25, -0.2) is 0 Å². The summed E-state index contributed by atoms with van der Waals surface area (Å²) >= 11 is 11.9. The van der Waals surface area contributed by atoms with Crippen LogP contribution in [0.1, 0.15) is 19.4 Å². The van der Waals surface area contributed by atoms with Gasteiger partial charge in [0.15, 0.2) is 0 Å². The van der Waals surface area contributed by atoms with Gasteiger partial charge in [-0.3, -0.25) is 4.79 Å². The van der Waals surface area contributed by atoms with E-state index in [0.717, 1.165) is 5.56 Å². The first-order valence-corrected chi connectivity index (χ1v) is 7.01. The van der Waals surface area contributed by atoms with Gasteiger partial charge in [0.1, 0.15) is 5.60 Å². The average Bonchev–Trinajstić information content (AvgIpc) is 2.28. The molecule has 0 aliphatic carbocycles. The van der Waals surface area contributed by atoms with Crippen LogP contribution in [0.5, 0.6) is 0 Å². The van der Waals surface area contributed by atoms with Gasteiger partial charge in [-0.1, -0.05) is 43.1 Å². The second kappa shape index (κ2) is 5.31. The van der Waals surface area contributed by atoms with E-state index < -0.39 is 5.60 Å². The molecule has 1 N–H and O–H groups in total. The summed E-state index contributed by atoms with van der Waals surface area (Å²) in [4.78, 5) is 13.7. The fraction of sp³-hybridized carbons (Fsp3) is 0.500. The fourth-order valence-corrected chi connectivity index (χ4v) is 2.57. The Morgan fingerprint density at radius 1 is 1.42 bits per heavy atom. The van der Waals surface area contributed by atoms with Gasteiger partial charge in [-0.05, 0) is 23.6 Å². The summed E-state index contributed by atoms with van der Waals surface area (Å²) in [5.74, 6) is 0.130. The van der Waals surface area contributed by atoms with Gasteiger partial charge in [-0.15, -0.1) is 0 Å². The van der Waals surface area contributed by atoms with E-state index in [4.69, 9.17) is 23.2 Å². The molecule has 0 atom stereocenters. The summed E-state index contributed by atoms with van der Waals surface area (Å²) < 4.78 is 0. The number of aliphatic hydroxyl groups is 1. The topological polar surface area (TPSA) is 40.5 Å². The smallest absolute Gasteiger partial charge is 0.227 e. The van der Waals surface area contributed by atoms with Crippen LogP contribution in [0.15, 0.2) is 18.2 Å². The molecule has 1 aromatic rings. The third-order valence-electron chi connectivity index (χ3n) is 3.71. The minimum absolute atomic E-state index is 0.0189. The molecule has 1 aliphatic heterocycles. The van der Waals surface area contributed by atoms with Gasteiger partial charge in [0.05, 0.1) is 19.5 Å². The third kappa shape index (κ3) is 3.04. The van der Waals surface area contributed by atoms with Crippen LogP contribution < -0.4 is 0 Å². The van der Waals surface area contributed by atoms with Gasteiger partial charge in [0, 0.05) is 10.0 Å². The molecule has 1 saturated heterocycles. The number of rotatable bonds is 3. The van der Waals surface area contributed by atoms with Crippen molar-refractivity contribution in [2.24, 2.45) is 5.92 Å². The van der Waals surface area contributed by atoms with E-state index in [9.17, 15) is 9.90 Å². The van der Waals surface area contributed by atoms with Crippen LogP contribution in [0.2, 0.25) is 10.0 Å². The first-order valence-electron chi connectivity index (χ1n) is 6.26. The molecule has 0 unspecified atom stereocenters. The molecule has 104 valence electrons. The van der Waals surface area contributed by atoms with E-state index in [2.05, 4.69) is 0 Å². The molecule has 1 aliphatic rings. The number of hydrogen-bond acceptors (Lipinski definition) is 2. The normalized spacial score (nSPS) is 17.5. The van der Waals surface area contributed by atoms with Gasteiger partial charge in [0.25, 0.3) is 0 Å². The maximum Gasteiger partial charge on any atom is 0.227 e. The number of carbonyl (C=O) groups excluding carboxylic acids is 1. The van der Waals surface area contributed by atoms with E-state index in [0.29, 0.717) is 23.1 Å². The Morgan fingerprint density at radius 2 is 2.05 bits per heavy atom. The van der Waals surface area contributed by atoms with E-state index in [1.807, 2.05) is 13.8 Å². The lowest BCUT2D eigenvalue weighted by molar-refractivity contribution is -0.163. The Balaban J connectivity index is 1.96. The molecule has 0 spiro atoms. The number of amides is 1. The summed E-state index contributed by atoms with van der Waals surface area (Å²) in [6.07, 6.45) is 0.240. The lowest BCUT2D eigenvalue weighted by atomic mass is 9.83. The van der Waals surface area contributed by atoms with E-state index in [1.54, 1.807) is 23.1 Å². The minimum Gasteiger partial charge on any atom is -0.386 e. The Kier molecular flexibility index (Phi) is 4.09. The van der Waals surface area contributed by atoms with Crippen molar-refractivity contribution in [3.63, 3.8) is 0 Å². The number of nitrogens with zero attached hydrogens (tertiary/aromatic N) is 1. The van der Waals surface area contributed by atoms with E-state index >= 15 is 0 Å². The quantitative estimate of drug-likeness (QED) is 0.932. The zero-order chi connectivity index (χ0) is 14.2. The molecule has 1 heterocycles. The Hall–Kier alpha value is -0.770. The second-order valence-electron chi connectivity index (χ2n) is 5.42.